The predicted octanol–water partition coefficient (Wildman–Crippen LogP) is 3.89. The topological polar surface area (TPSA) is 68.5 Å². The first-order valence-corrected chi connectivity index (χ1v) is 11.6. The largest absolute Gasteiger partial charge is 0.497 e. The van der Waals surface area contributed by atoms with Gasteiger partial charge in [0.05, 0.1) is 19.8 Å². The van der Waals surface area contributed by atoms with E-state index in [2.05, 4.69) is 46.1 Å². The van der Waals surface area contributed by atoms with Crippen LogP contribution in [0.25, 0.3) is 0 Å². The van der Waals surface area contributed by atoms with Gasteiger partial charge in [-0.3, -0.25) is 4.90 Å². The Balaban J connectivity index is 1.70. The molecule has 0 amide bonds. The van der Waals surface area contributed by atoms with Crippen LogP contribution in [0.1, 0.15) is 44.6 Å². The number of ether oxygens (including phenoxy) is 2. The number of tetrazole rings is 1. The quantitative estimate of drug-likeness (QED) is 0.497. The van der Waals surface area contributed by atoms with Crippen molar-refractivity contribution in [3.8, 4) is 11.5 Å². The zero-order valence-electron chi connectivity index (χ0n) is 20.5. The first-order valence-electron chi connectivity index (χ1n) is 11.6. The summed E-state index contributed by atoms with van der Waals surface area (Å²) in [7, 11) is 3.31. The van der Waals surface area contributed by atoms with E-state index < -0.39 is 0 Å². The van der Waals surface area contributed by atoms with Crippen LogP contribution in [-0.4, -0.2) is 65.5 Å². The molecule has 1 unspecified atom stereocenters. The van der Waals surface area contributed by atoms with Gasteiger partial charge in [-0.2, -0.15) is 0 Å². The Bertz CT molecular complexity index is 1090. The minimum absolute atomic E-state index is 0.197. The molecule has 0 aliphatic carbocycles. The van der Waals surface area contributed by atoms with E-state index in [1.54, 1.807) is 14.2 Å². The molecule has 0 N–H and O–H groups in total. The second-order valence-electron chi connectivity index (χ2n) is 9.12. The van der Waals surface area contributed by atoms with Gasteiger partial charge in [0.15, 0.2) is 5.82 Å². The van der Waals surface area contributed by atoms with Crippen molar-refractivity contribution in [3.05, 3.63) is 59.7 Å². The number of benzene rings is 2. The molecule has 4 rings (SSSR count). The molecule has 1 aromatic heterocycles. The van der Waals surface area contributed by atoms with E-state index in [-0.39, 0.29) is 17.4 Å². The van der Waals surface area contributed by atoms with Crippen molar-refractivity contribution < 1.29 is 13.9 Å². The van der Waals surface area contributed by atoms with Crippen molar-refractivity contribution in [2.45, 2.75) is 38.8 Å². The molecule has 0 spiro atoms. The fourth-order valence-electron chi connectivity index (χ4n) is 4.38. The summed E-state index contributed by atoms with van der Waals surface area (Å²) in [6, 6.07) is 12.4. The molecular formula is C25H33FN6O2. The summed E-state index contributed by atoms with van der Waals surface area (Å²) in [5.74, 6) is 2.02. The van der Waals surface area contributed by atoms with Gasteiger partial charge < -0.3 is 14.4 Å². The molecule has 2 aromatic carbocycles. The SMILES string of the molecule is CCC(C)(C)n1nnnc1C(c1ccc(OC)cc1OC)N1CCN(c2ccc(F)cc2)CC1. The van der Waals surface area contributed by atoms with Crippen LogP contribution in [0, 0.1) is 5.82 Å². The van der Waals surface area contributed by atoms with Crippen LogP contribution in [0.2, 0.25) is 0 Å². The maximum atomic E-state index is 13.4. The zero-order chi connectivity index (χ0) is 24.3. The van der Waals surface area contributed by atoms with Gasteiger partial charge in [-0.15, -0.1) is 5.10 Å². The average Bonchev–Trinajstić information content (AvgIpc) is 3.36. The van der Waals surface area contributed by atoms with Gasteiger partial charge in [0.1, 0.15) is 23.4 Å². The Morgan fingerprint density at radius 1 is 1.00 bits per heavy atom. The number of hydrogen-bond donors (Lipinski definition) is 0. The van der Waals surface area contributed by atoms with Crippen LogP contribution in [0.15, 0.2) is 42.5 Å². The van der Waals surface area contributed by atoms with E-state index in [4.69, 9.17) is 9.47 Å². The third kappa shape index (κ3) is 4.70. The van der Waals surface area contributed by atoms with Gasteiger partial charge in [0, 0.05) is 43.5 Å². The van der Waals surface area contributed by atoms with Crippen LogP contribution in [0.4, 0.5) is 10.1 Å². The Labute approximate surface area is 200 Å². The van der Waals surface area contributed by atoms with Crippen LogP contribution < -0.4 is 14.4 Å². The molecule has 2 heterocycles. The highest BCUT2D eigenvalue weighted by Crippen LogP contribution is 2.38. The summed E-state index contributed by atoms with van der Waals surface area (Å²) in [5, 5.41) is 12.9. The smallest absolute Gasteiger partial charge is 0.173 e. The lowest BCUT2D eigenvalue weighted by Gasteiger charge is -2.40. The lowest BCUT2D eigenvalue weighted by atomic mass is 9.98. The Hall–Kier alpha value is -3.20. The first-order chi connectivity index (χ1) is 16.4. The van der Waals surface area contributed by atoms with Gasteiger partial charge in [-0.1, -0.05) is 6.92 Å². The second kappa shape index (κ2) is 9.97. The molecule has 1 aliphatic rings. The Kier molecular flexibility index (Phi) is 7.02. The van der Waals surface area contributed by atoms with E-state index in [1.165, 1.54) is 12.1 Å². The molecule has 8 nitrogen and oxygen atoms in total. The summed E-state index contributed by atoms with van der Waals surface area (Å²) in [5.41, 5.74) is 1.77. The standard InChI is InChI=1S/C25H33FN6O2/c1-6-25(2,3)32-24(27-28-29-32)23(21-12-11-20(33-4)17-22(21)34-5)31-15-13-30(14-16-31)19-9-7-18(26)8-10-19/h7-12,17,23H,6,13-16H2,1-5H3. The van der Waals surface area contributed by atoms with Crippen molar-refractivity contribution in [1.82, 2.24) is 25.1 Å². The van der Waals surface area contributed by atoms with Crippen molar-refractivity contribution in [1.29, 1.82) is 0 Å². The number of methoxy groups -OCH3 is 2. The van der Waals surface area contributed by atoms with Gasteiger partial charge in [-0.25, -0.2) is 9.07 Å². The normalized spacial score (nSPS) is 15.9. The highest BCUT2D eigenvalue weighted by molar-refractivity contribution is 5.47. The fraction of sp³-hybridized carbons (Fsp3) is 0.480. The highest BCUT2D eigenvalue weighted by Gasteiger charge is 2.35. The van der Waals surface area contributed by atoms with Crippen LogP contribution in [-0.2, 0) is 5.54 Å². The Morgan fingerprint density at radius 3 is 2.32 bits per heavy atom. The zero-order valence-corrected chi connectivity index (χ0v) is 20.5. The molecule has 34 heavy (non-hydrogen) atoms. The fourth-order valence-corrected chi connectivity index (χ4v) is 4.38. The highest BCUT2D eigenvalue weighted by atomic mass is 19.1. The number of halogens is 1. The maximum absolute atomic E-state index is 13.4. The van der Waals surface area contributed by atoms with E-state index in [0.717, 1.165) is 61.2 Å². The van der Waals surface area contributed by atoms with Crippen molar-refractivity contribution >= 4 is 5.69 Å². The molecule has 3 aromatic rings. The van der Waals surface area contributed by atoms with Crippen molar-refractivity contribution in [2.24, 2.45) is 0 Å². The summed E-state index contributed by atoms with van der Waals surface area (Å²) in [4.78, 5) is 4.66. The molecular weight excluding hydrogens is 435 g/mol. The monoisotopic (exact) mass is 468 g/mol. The van der Waals surface area contributed by atoms with Gasteiger partial charge in [-0.05, 0) is 67.1 Å². The summed E-state index contributed by atoms with van der Waals surface area (Å²) in [6.45, 7) is 9.60. The lowest BCUT2D eigenvalue weighted by Crippen LogP contribution is -2.49. The summed E-state index contributed by atoms with van der Waals surface area (Å²) >= 11 is 0. The van der Waals surface area contributed by atoms with E-state index in [9.17, 15) is 4.39 Å². The van der Waals surface area contributed by atoms with Crippen LogP contribution in [0.3, 0.4) is 0 Å². The number of rotatable bonds is 8. The van der Waals surface area contributed by atoms with Gasteiger partial charge in [0.25, 0.3) is 0 Å². The van der Waals surface area contributed by atoms with Crippen molar-refractivity contribution in [2.75, 3.05) is 45.3 Å². The van der Waals surface area contributed by atoms with Crippen LogP contribution >= 0.6 is 0 Å². The summed E-state index contributed by atoms with van der Waals surface area (Å²) in [6.07, 6.45) is 0.885. The van der Waals surface area contributed by atoms with E-state index in [0.29, 0.717) is 0 Å². The first kappa shape index (κ1) is 23.9. The van der Waals surface area contributed by atoms with E-state index in [1.807, 2.05) is 35.0 Å². The average molecular weight is 469 g/mol. The second-order valence-corrected chi connectivity index (χ2v) is 9.12. The van der Waals surface area contributed by atoms with Gasteiger partial charge in [0.2, 0.25) is 0 Å². The number of hydrogen-bond acceptors (Lipinski definition) is 7. The van der Waals surface area contributed by atoms with Gasteiger partial charge >= 0.3 is 0 Å². The predicted molar refractivity (Wildman–Crippen MR) is 129 cm³/mol. The summed E-state index contributed by atoms with van der Waals surface area (Å²) < 4.78 is 26.5. The third-order valence-electron chi connectivity index (χ3n) is 6.78. The number of aromatic nitrogens is 4. The molecule has 0 bridgehead atoms. The minimum atomic E-state index is -0.243. The molecule has 182 valence electrons. The molecule has 0 saturated carbocycles. The Morgan fingerprint density at radius 2 is 1.71 bits per heavy atom. The minimum Gasteiger partial charge on any atom is -0.497 e. The molecule has 1 saturated heterocycles. The molecule has 1 atom stereocenters. The number of nitrogens with zero attached hydrogens (tertiary/aromatic N) is 6. The van der Waals surface area contributed by atoms with Crippen LogP contribution in [0.5, 0.6) is 11.5 Å². The number of piperazine rings is 1. The lowest BCUT2D eigenvalue weighted by molar-refractivity contribution is 0.184. The molecule has 1 fully saturated rings. The van der Waals surface area contributed by atoms with Crippen molar-refractivity contribution in [3.63, 3.8) is 0 Å². The molecule has 1 aliphatic heterocycles. The third-order valence-corrected chi connectivity index (χ3v) is 6.78. The number of anilines is 1. The molecule has 0 radical (unpaired) electrons. The molecule has 9 heteroatoms. The maximum Gasteiger partial charge on any atom is 0.173 e. The van der Waals surface area contributed by atoms with E-state index >= 15 is 0 Å².